The summed E-state index contributed by atoms with van der Waals surface area (Å²) in [6.45, 7) is 3.67. The Kier molecular flexibility index (Phi) is 7.68. The third-order valence-corrected chi connectivity index (χ3v) is 5.99. The number of rotatable bonds is 6. The first-order valence-electron chi connectivity index (χ1n) is 10.9. The van der Waals surface area contributed by atoms with Gasteiger partial charge in [-0.15, -0.1) is 0 Å². The molecule has 4 rings (SSSR count). The highest BCUT2D eigenvalue weighted by molar-refractivity contribution is 5.93. The van der Waals surface area contributed by atoms with E-state index in [1.165, 1.54) is 6.07 Å². The van der Waals surface area contributed by atoms with Crippen LogP contribution in [0.4, 0.5) is 8.78 Å². The van der Waals surface area contributed by atoms with Gasteiger partial charge in [-0.3, -0.25) is 9.78 Å². The van der Waals surface area contributed by atoms with E-state index in [2.05, 4.69) is 10.3 Å². The fourth-order valence-corrected chi connectivity index (χ4v) is 4.32. The average Bonchev–Trinajstić information content (AvgIpc) is 2.79. The number of pyridine rings is 1. The van der Waals surface area contributed by atoms with Crippen LogP contribution in [0.3, 0.4) is 0 Å². The highest BCUT2D eigenvalue weighted by Crippen LogP contribution is 2.46. The molecule has 8 heteroatoms. The largest absolute Gasteiger partial charge is 0.482 e. The molecular formula is C25H31F2N3O3. The number of halogens is 2. The number of fused-ring (bicyclic) bond motifs is 1. The molecule has 2 aliphatic rings. The molecule has 178 valence electrons. The van der Waals surface area contributed by atoms with Crippen molar-refractivity contribution >= 4 is 11.5 Å². The second-order valence-electron chi connectivity index (χ2n) is 7.89. The van der Waals surface area contributed by atoms with E-state index in [0.29, 0.717) is 35.7 Å². The quantitative estimate of drug-likeness (QED) is 0.676. The Morgan fingerprint density at radius 2 is 1.94 bits per heavy atom. The minimum Gasteiger partial charge on any atom is -0.482 e. The molecule has 1 N–H and O–H groups in total. The summed E-state index contributed by atoms with van der Waals surface area (Å²) in [7, 11) is 0. The molecule has 3 heterocycles. The second-order valence-corrected chi connectivity index (χ2v) is 7.89. The number of carbonyl (C=O) groups excluding carboxylic acids is 1. The molecule has 0 radical (unpaired) electrons. The van der Waals surface area contributed by atoms with Gasteiger partial charge in [-0.25, -0.2) is 0 Å². The maximum Gasteiger partial charge on any atom is 0.387 e. The van der Waals surface area contributed by atoms with Crippen LogP contribution in [-0.4, -0.2) is 54.2 Å². The van der Waals surface area contributed by atoms with Gasteiger partial charge in [0.2, 0.25) is 0 Å². The van der Waals surface area contributed by atoms with Gasteiger partial charge in [0.15, 0.2) is 0 Å². The lowest BCUT2D eigenvalue weighted by Gasteiger charge is -2.40. The van der Waals surface area contributed by atoms with Crippen molar-refractivity contribution in [1.29, 1.82) is 0 Å². The van der Waals surface area contributed by atoms with Gasteiger partial charge < -0.3 is 19.7 Å². The van der Waals surface area contributed by atoms with Gasteiger partial charge in [0, 0.05) is 37.7 Å². The molecule has 0 bridgehead atoms. The van der Waals surface area contributed by atoms with E-state index in [1.54, 1.807) is 35.4 Å². The zero-order chi connectivity index (χ0) is 22.7. The summed E-state index contributed by atoms with van der Waals surface area (Å²) in [6, 6.07) is 8.42. The first-order valence-corrected chi connectivity index (χ1v) is 10.9. The molecule has 6 nitrogen and oxygen atoms in total. The number of piperidine rings is 1. The van der Waals surface area contributed by atoms with Crippen molar-refractivity contribution in [2.24, 2.45) is 0 Å². The SMILES string of the molecule is C.CCN(CC)C(=O)c1ccc(C2=CC3(CCNCC3)Oc3cccc(OC(F)F)c32)cn1. The van der Waals surface area contributed by atoms with Crippen LogP contribution in [0.1, 0.15) is 55.7 Å². The molecule has 1 aromatic heterocycles. The van der Waals surface area contributed by atoms with Crippen LogP contribution in [0.2, 0.25) is 0 Å². The summed E-state index contributed by atoms with van der Waals surface area (Å²) < 4.78 is 37.4. The first kappa shape index (κ1) is 24.6. The molecule has 2 aliphatic heterocycles. The number of nitrogens with one attached hydrogen (secondary N) is 1. The van der Waals surface area contributed by atoms with Gasteiger partial charge in [-0.2, -0.15) is 8.78 Å². The van der Waals surface area contributed by atoms with Crippen LogP contribution in [0.5, 0.6) is 11.5 Å². The predicted octanol–water partition coefficient (Wildman–Crippen LogP) is 4.75. The lowest BCUT2D eigenvalue weighted by molar-refractivity contribution is -0.0503. The van der Waals surface area contributed by atoms with Gasteiger partial charge >= 0.3 is 6.61 Å². The van der Waals surface area contributed by atoms with E-state index in [4.69, 9.17) is 9.47 Å². The topological polar surface area (TPSA) is 63.7 Å². The number of amides is 1. The number of alkyl halides is 2. The summed E-state index contributed by atoms with van der Waals surface area (Å²) >= 11 is 0. The van der Waals surface area contributed by atoms with Crippen molar-refractivity contribution in [3.05, 3.63) is 59.4 Å². The van der Waals surface area contributed by atoms with E-state index >= 15 is 0 Å². The van der Waals surface area contributed by atoms with Crippen molar-refractivity contribution < 1.29 is 23.0 Å². The lowest BCUT2D eigenvalue weighted by atomic mass is 9.83. The number of hydrogen-bond acceptors (Lipinski definition) is 5. The third kappa shape index (κ3) is 5.00. The monoisotopic (exact) mass is 459 g/mol. The maximum absolute atomic E-state index is 13.1. The average molecular weight is 460 g/mol. The molecule has 0 saturated carbocycles. The van der Waals surface area contributed by atoms with Crippen molar-refractivity contribution in [3.63, 3.8) is 0 Å². The number of hydrogen-bond donors (Lipinski definition) is 1. The summed E-state index contributed by atoms with van der Waals surface area (Å²) in [4.78, 5) is 18.7. The normalized spacial score (nSPS) is 16.3. The van der Waals surface area contributed by atoms with E-state index in [0.717, 1.165) is 31.5 Å². The van der Waals surface area contributed by atoms with Crippen molar-refractivity contribution in [2.75, 3.05) is 26.2 Å². The first-order chi connectivity index (χ1) is 15.5. The molecule has 0 aliphatic carbocycles. The van der Waals surface area contributed by atoms with Crippen LogP contribution in [-0.2, 0) is 0 Å². The standard InChI is InChI=1S/C24H27F2N3O3.CH4/c1-3-29(4-2)22(30)18-9-8-16(15-28-18)17-14-24(10-12-27-13-11-24)32-20-7-5-6-19(21(17)20)31-23(25)26;/h5-9,14-15,23,27H,3-4,10-13H2,1-2H3;1H4. The van der Waals surface area contributed by atoms with Crippen LogP contribution < -0.4 is 14.8 Å². The summed E-state index contributed by atoms with van der Waals surface area (Å²) in [6.07, 6.45) is 5.12. The zero-order valence-corrected chi connectivity index (χ0v) is 18.2. The van der Waals surface area contributed by atoms with Crippen molar-refractivity contribution in [2.45, 2.75) is 46.3 Å². The summed E-state index contributed by atoms with van der Waals surface area (Å²) in [5.41, 5.74) is 1.72. The Labute approximate surface area is 193 Å². The summed E-state index contributed by atoms with van der Waals surface area (Å²) in [5.74, 6) is 0.418. The van der Waals surface area contributed by atoms with Crippen LogP contribution in [0.25, 0.3) is 5.57 Å². The molecule has 0 atom stereocenters. The molecule has 2 aromatic rings. The number of aromatic nitrogens is 1. The molecule has 1 aromatic carbocycles. The van der Waals surface area contributed by atoms with Gasteiger partial charge in [-0.05, 0) is 56.8 Å². The fourth-order valence-electron chi connectivity index (χ4n) is 4.32. The number of benzene rings is 1. The Hall–Kier alpha value is -3.00. The Balaban J connectivity index is 0.00000306. The van der Waals surface area contributed by atoms with Crippen molar-refractivity contribution in [3.8, 4) is 11.5 Å². The van der Waals surface area contributed by atoms with E-state index in [9.17, 15) is 13.6 Å². The van der Waals surface area contributed by atoms with Crippen LogP contribution in [0.15, 0.2) is 42.6 Å². The number of carbonyl (C=O) groups is 1. The van der Waals surface area contributed by atoms with Crippen molar-refractivity contribution in [1.82, 2.24) is 15.2 Å². The maximum atomic E-state index is 13.1. The minimum absolute atomic E-state index is 0. The second kappa shape index (κ2) is 10.3. The Morgan fingerprint density at radius 1 is 1.21 bits per heavy atom. The smallest absolute Gasteiger partial charge is 0.387 e. The molecule has 1 fully saturated rings. The Bertz CT molecular complexity index is 998. The van der Waals surface area contributed by atoms with Gasteiger partial charge in [-0.1, -0.05) is 19.6 Å². The molecule has 33 heavy (non-hydrogen) atoms. The molecule has 1 spiro atoms. The predicted molar refractivity (Wildman–Crippen MR) is 124 cm³/mol. The number of ether oxygens (including phenoxy) is 2. The molecule has 0 unspecified atom stereocenters. The highest BCUT2D eigenvalue weighted by atomic mass is 19.3. The highest BCUT2D eigenvalue weighted by Gasteiger charge is 2.38. The van der Waals surface area contributed by atoms with E-state index in [1.807, 2.05) is 19.9 Å². The zero-order valence-electron chi connectivity index (χ0n) is 18.2. The third-order valence-electron chi connectivity index (χ3n) is 5.99. The van der Waals surface area contributed by atoms with Crippen LogP contribution >= 0.6 is 0 Å². The summed E-state index contributed by atoms with van der Waals surface area (Å²) in [5, 5.41) is 3.33. The fraction of sp³-hybridized carbons (Fsp3) is 0.440. The molecular weight excluding hydrogens is 428 g/mol. The Morgan fingerprint density at radius 3 is 2.55 bits per heavy atom. The number of nitrogens with zero attached hydrogens (tertiary/aromatic N) is 2. The van der Waals surface area contributed by atoms with E-state index in [-0.39, 0.29) is 19.1 Å². The van der Waals surface area contributed by atoms with Gasteiger partial charge in [0.25, 0.3) is 5.91 Å². The molecule has 1 saturated heterocycles. The van der Waals surface area contributed by atoms with Gasteiger partial charge in [0.1, 0.15) is 22.8 Å². The van der Waals surface area contributed by atoms with Crippen LogP contribution in [0, 0.1) is 0 Å². The minimum atomic E-state index is -2.95. The lowest BCUT2D eigenvalue weighted by Crippen LogP contribution is -2.46. The van der Waals surface area contributed by atoms with Gasteiger partial charge in [0.05, 0.1) is 5.56 Å². The van der Waals surface area contributed by atoms with E-state index < -0.39 is 12.2 Å². The molecule has 1 amide bonds.